The van der Waals surface area contributed by atoms with Gasteiger partial charge in [-0.2, -0.15) is 0 Å². The van der Waals surface area contributed by atoms with Crippen LogP contribution in [-0.4, -0.2) is 28.7 Å². The summed E-state index contributed by atoms with van der Waals surface area (Å²) in [6.07, 6.45) is 8.53. The van der Waals surface area contributed by atoms with Crippen LogP contribution in [0.1, 0.15) is 53.5 Å². The number of aryl methyl sites for hydroxylation is 1. The third-order valence-corrected chi connectivity index (χ3v) is 5.56. The fourth-order valence-electron chi connectivity index (χ4n) is 3.94. The molecule has 1 N–H and O–H groups in total. The van der Waals surface area contributed by atoms with Crippen molar-refractivity contribution in [1.29, 1.82) is 0 Å². The number of methoxy groups -OCH3 is 1. The van der Waals surface area contributed by atoms with Crippen LogP contribution in [0.15, 0.2) is 60.9 Å². The zero-order chi connectivity index (χ0) is 20.9. The first-order valence-corrected chi connectivity index (χ1v) is 10.3. The number of hydrogen-bond donors (Lipinski definition) is 1. The molecule has 1 fully saturated rings. The van der Waals surface area contributed by atoms with Gasteiger partial charge in [0, 0.05) is 30.6 Å². The number of benzene rings is 2. The molecular weight excluding hydrogens is 378 g/mol. The molecule has 1 aromatic heterocycles. The molecule has 1 aliphatic carbocycles. The summed E-state index contributed by atoms with van der Waals surface area (Å²) in [6, 6.07) is 14.6. The molecule has 1 atom stereocenters. The predicted molar refractivity (Wildman–Crippen MR) is 115 cm³/mol. The van der Waals surface area contributed by atoms with E-state index >= 15 is 0 Å². The lowest BCUT2D eigenvalue weighted by Gasteiger charge is -2.21. The molecule has 1 heterocycles. The van der Waals surface area contributed by atoms with Crippen molar-refractivity contribution in [2.24, 2.45) is 7.05 Å². The summed E-state index contributed by atoms with van der Waals surface area (Å²) in [7, 11) is 3.53. The van der Waals surface area contributed by atoms with Crippen molar-refractivity contribution >= 4 is 5.91 Å². The van der Waals surface area contributed by atoms with Crippen molar-refractivity contribution in [2.45, 2.75) is 37.8 Å². The Morgan fingerprint density at radius 3 is 2.53 bits per heavy atom. The highest BCUT2D eigenvalue weighted by Gasteiger charge is 2.24. The van der Waals surface area contributed by atoms with E-state index in [4.69, 9.17) is 9.47 Å². The van der Waals surface area contributed by atoms with Gasteiger partial charge in [-0.15, -0.1) is 0 Å². The second-order valence-electron chi connectivity index (χ2n) is 7.59. The minimum absolute atomic E-state index is 0.179. The molecule has 0 radical (unpaired) electrons. The molecule has 2 aromatic carbocycles. The van der Waals surface area contributed by atoms with Gasteiger partial charge >= 0.3 is 0 Å². The van der Waals surface area contributed by atoms with Gasteiger partial charge in [-0.1, -0.05) is 18.2 Å². The van der Waals surface area contributed by atoms with Gasteiger partial charge in [0.1, 0.15) is 23.4 Å². The highest BCUT2D eigenvalue weighted by molar-refractivity contribution is 5.94. The Bertz CT molecular complexity index is 991. The highest BCUT2D eigenvalue weighted by atomic mass is 16.5. The molecule has 1 unspecified atom stereocenters. The Morgan fingerprint density at radius 2 is 1.87 bits per heavy atom. The van der Waals surface area contributed by atoms with Gasteiger partial charge < -0.3 is 19.4 Å². The SMILES string of the molecule is COc1ccccc1C(NC(=O)c1ccc(OC2CCCC2)cc1)c1nccn1C. The normalized spacial score (nSPS) is 15.0. The number of carbonyl (C=O) groups excluding carboxylic acids is 1. The van der Waals surface area contributed by atoms with Gasteiger partial charge in [-0.25, -0.2) is 4.98 Å². The summed E-state index contributed by atoms with van der Waals surface area (Å²) in [5.41, 5.74) is 1.42. The van der Waals surface area contributed by atoms with E-state index in [1.54, 1.807) is 25.4 Å². The maximum absolute atomic E-state index is 13.1. The molecule has 0 saturated heterocycles. The van der Waals surface area contributed by atoms with E-state index in [1.807, 2.05) is 54.2 Å². The molecular formula is C24H27N3O3. The molecule has 0 spiro atoms. The maximum atomic E-state index is 13.1. The standard InChI is InChI=1S/C24H27N3O3/c1-27-16-15-25-23(27)22(20-9-5-6-10-21(20)29-2)26-24(28)17-11-13-19(14-12-17)30-18-7-3-4-8-18/h5-6,9-16,18,22H,3-4,7-8H2,1-2H3,(H,26,28). The van der Waals surface area contributed by atoms with Gasteiger partial charge in [0.2, 0.25) is 0 Å². The Labute approximate surface area is 176 Å². The van der Waals surface area contributed by atoms with Gasteiger partial charge in [0.15, 0.2) is 0 Å². The van der Waals surface area contributed by atoms with Crippen LogP contribution < -0.4 is 14.8 Å². The van der Waals surface area contributed by atoms with E-state index in [9.17, 15) is 4.79 Å². The summed E-state index contributed by atoms with van der Waals surface area (Å²) < 4.78 is 13.4. The zero-order valence-corrected chi connectivity index (χ0v) is 17.4. The number of ether oxygens (including phenoxy) is 2. The van der Waals surface area contributed by atoms with Crippen LogP contribution >= 0.6 is 0 Å². The first-order chi connectivity index (χ1) is 14.7. The molecule has 156 valence electrons. The van der Waals surface area contributed by atoms with Crippen LogP contribution in [0.3, 0.4) is 0 Å². The number of nitrogens with zero attached hydrogens (tertiary/aromatic N) is 2. The van der Waals surface area contributed by atoms with Crippen LogP contribution in [-0.2, 0) is 7.05 Å². The largest absolute Gasteiger partial charge is 0.496 e. The molecule has 6 nitrogen and oxygen atoms in total. The van der Waals surface area contributed by atoms with Crippen LogP contribution in [0, 0.1) is 0 Å². The summed E-state index contributed by atoms with van der Waals surface area (Å²) in [5.74, 6) is 2.06. The number of hydrogen-bond acceptors (Lipinski definition) is 4. The number of carbonyl (C=O) groups is 1. The lowest BCUT2D eigenvalue weighted by Crippen LogP contribution is -2.31. The van der Waals surface area contributed by atoms with Crippen molar-refractivity contribution < 1.29 is 14.3 Å². The minimum atomic E-state index is -0.442. The van der Waals surface area contributed by atoms with Crippen molar-refractivity contribution in [3.8, 4) is 11.5 Å². The van der Waals surface area contributed by atoms with Crippen LogP contribution in [0.5, 0.6) is 11.5 Å². The Hall–Kier alpha value is -3.28. The van der Waals surface area contributed by atoms with Gasteiger partial charge in [0.05, 0.1) is 13.2 Å². The molecule has 6 heteroatoms. The average molecular weight is 405 g/mol. The predicted octanol–water partition coefficient (Wildman–Crippen LogP) is 4.27. The Morgan fingerprint density at radius 1 is 1.13 bits per heavy atom. The van der Waals surface area contributed by atoms with Crippen molar-refractivity contribution in [3.05, 3.63) is 77.9 Å². The summed E-state index contributed by atoms with van der Waals surface area (Å²) in [6.45, 7) is 0. The molecule has 4 rings (SSSR count). The Balaban J connectivity index is 1.55. The number of para-hydroxylation sites is 1. The van der Waals surface area contributed by atoms with E-state index in [0.29, 0.717) is 17.4 Å². The third kappa shape index (κ3) is 4.32. The van der Waals surface area contributed by atoms with Gasteiger partial charge in [-0.05, 0) is 56.0 Å². The van der Waals surface area contributed by atoms with Gasteiger partial charge in [0.25, 0.3) is 5.91 Å². The fraction of sp³-hybridized carbons (Fsp3) is 0.333. The van der Waals surface area contributed by atoms with Crippen molar-refractivity contribution in [1.82, 2.24) is 14.9 Å². The highest BCUT2D eigenvalue weighted by Crippen LogP contribution is 2.29. The Kier molecular flexibility index (Phi) is 6.02. The number of aromatic nitrogens is 2. The lowest BCUT2D eigenvalue weighted by atomic mass is 10.0. The number of nitrogens with one attached hydrogen (secondary N) is 1. The first-order valence-electron chi connectivity index (χ1n) is 10.3. The monoisotopic (exact) mass is 405 g/mol. The van der Waals surface area contributed by atoms with Crippen LogP contribution in [0.4, 0.5) is 0 Å². The van der Waals surface area contributed by atoms with Crippen molar-refractivity contribution in [2.75, 3.05) is 7.11 Å². The second kappa shape index (κ2) is 9.03. The topological polar surface area (TPSA) is 65.4 Å². The molecule has 0 aliphatic heterocycles. The minimum Gasteiger partial charge on any atom is -0.496 e. The van der Waals surface area contributed by atoms with Gasteiger partial charge in [-0.3, -0.25) is 4.79 Å². The fourth-order valence-corrected chi connectivity index (χ4v) is 3.94. The third-order valence-electron chi connectivity index (χ3n) is 5.56. The van der Waals surface area contributed by atoms with E-state index in [0.717, 1.165) is 30.0 Å². The molecule has 1 aliphatic rings. The number of amides is 1. The molecule has 0 bridgehead atoms. The average Bonchev–Trinajstić information content (AvgIpc) is 3.44. The van der Waals surface area contributed by atoms with Crippen LogP contribution in [0.25, 0.3) is 0 Å². The number of imidazole rings is 1. The molecule has 1 saturated carbocycles. The van der Waals surface area contributed by atoms with E-state index in [2.05, 4.69) is 10.3 Å². The van der Waals surface area contributed by atoms with E-state index < -0.39 is 6.04 Å². The smallest absolute Gasteiger partial charge is 0.252 e. The molecule has 3 aromatic rings. The lowest BCUT2D eigenvalue weighted by molar-refractivity contribution is 0.0940. The second-order valence-corrected chi connectivity index (χ2v) is 7.59. The number of rotatable bonds is 7. The maximum Gasteiger partial charge on any atom is 0.252 e. The quantitative estimate of drug-likeness (QED) is 0.638. The zero-order valence-electron chi connectivity index (χ0n) is 17.4. The van der Waals surface area contributed by atoms with Crippen LogP contribution in [0.2, 0.25) is 0 Å². The summed E-state index contributed by atoms with van der Waals surface area (Å²) >= 11 is 0. The van der Waals surface area contributed by atoms with Crippen molar-refractivity contribution in [3.63, 3.8) is 0 Å². The summed E-state index contributed by atoms with van der Waals surface area (Å²) in [4.78, 5) is 17.5. The first kappa shape index (κ1) is 20.0. The van der Waals surface area contributed by atoms with E-state index in [-0.39, 0.29) is 5.91 Å². The molecule has 1 amide bonds. The van der Waals surface area contributed by atoms with E-state index in [1.165, 1.54) is 12.8 Å². The summed E-state index contributed by atoms with van der Waals surface area (Å²) in [5, 5.41) is 3.12. The molecule has 30 heavy (non-hydrogen) atoms.